The highest BCUT2D eigenvalue weighted by molar-refractivity contribution is 6.03. The van der Waals surface area contributed by atoms with Gasteiger partial charge in [0.25, 0.3) is 0 Å². The Kier molecular flexibility index (Phi) is 1.84. The minimum absolute atomic E-state index is 0.0729. The Bertz CT molecular complexity index is 398. The molecule has 3 heteroatoms. The van der Waals surface area contributed by atoms with Crippen LogP contribution < -0.4 is 5.32 Å². The van der Waals surface area contributed by atoms with Gasteiger partial charge in [0.1, 0.15) is 5.82 Å². The van der Waals surface area contributed by atoms with Crippen molar-refractivity contribution < 1.29 is 9.18 Å². The number of carbonyl (C=O) groups excluding carboxylic acids is 1. The molecule has 1 aliphatic rings. The fourth-order valence-corrected chi connectivity index (χ4v) is 1.77. The van der Waals surface area contributed by atoms with E-state index in [-0.39, 0.29) is 17.1 Å². The lowest BCUT2D eigenvalue weighted by molar-refractivity contribution is 0.0958. The Morgan fingerprint density at radius 2 is 2.14 bits per heavy atom. The Hall–Kier alpha value is -1.38. The number of fused-ring (bicyclic) bond motifs is 1. The van der Waals surface area contributed by atoms with E-state index in [9.17, 15) is 9.18 Å². The average molecular weight is 193 g/mol. The van der Waals surface area contributed by atoms with E-state index in [1.807, 2.05) is 13.8 Å². The van der Waals surface area contributed by atoms with Crippen molar-refractivity contribution in [2.24, 2.45) is 0 Å². The van der Waals surface area contributed by atoms with E-state index < -0.39 is 0 Å². The topological polar surface area (TPSA) is 29.1 Å². The number of nitrogens with one attached hydrogen (secondary N) is 1. The van der Waals surface area contributed by atoms with E-state index in [1.54, 1.807) is 0 Å². The lowest BCUT2D eigenvalue weighted by atomic mass is 9.88. The zero-order chi connectivity index (χ0) is 10.3. The maximum atomic E-state index is 12.9. The molecule has 0 spiro atoms. The standard InChI is InChI=1S/C11H12FNO/c1-11(2)6-10(14)8-4-3-7(12)5-9(8)13-11/h3-5,13H,6H2,1-2H3. The minimum atomic E-state index is -0.318. The maximum absolute atomic E-state index is 12.9. The van der Waals surface area contributed by atoms with Crippen molar-refractivity contribution in [3.05, 3.63) is 29.6 Å². The van der Waals surface area contributed by atoms with Gasteiger partial charge in [-0.05, 0) is 32.0 Å². The van der Waals surface area contributed by atoms with E-state index >= 15 is 0 Å². The van der Waals surface area contributed by atoms with Crippen molar-refractivity contribution in [1.82, 2.24) is 0 Å². The molecule has 0 saturated carbocycles. The number of anilines is 1. The summed E-state index contributed by atoms with van der Waals surface area (Å²) in [5.41, 5.74) is 0.912. The Labute approximate surface area is 82.1 Å². The summed E-state index contributed by atoms with van der Waals surface area (Å²) >= 11 is 0. The number of benzene rings is 1. The third-order valence-corrected chi connectivity index (χ3v) is 2.36. The molecule has 0 aromatic heterocycles. The fraction of sp³-hybridized carbons (Fsp3) is 0.364. The molecule has 1 heterocycles. The highest BCUT2D eigenvalue weighted by Gasteiger charge is 2.29. The number of ketones is 1. The van der Waals surface area contributed by atoms with Gasteiger partial charge in [-0.3, -0.25) is 4.79 Å². The van der Waals surface area contributed by atoms with Crippen LogP contribution >= 0.6 is 0 Å². The third-order valence-electron chi connectivity index (χ3n) is 2.36. The summed E-state index contributed by atoms with van der Waals surface area (Å²) in [6, 6.07) is 4.22. The van der Waals surface area contributed by atoms with Crippen LogP contribution in [-0.4, -0.2) is 11.3 Å². The molecule has 0 fully saturated rings. The fourth-order valence-electron chi connectivity index (χ4n) is 1.77. The second-order valence-corrected chi connectivity index (χ2v) is 4.30. The molecule has 0 aliphatic carbocycles. The molecule has 0 atom stereocenters. The largest absolute Gasteiger partial charge is 0.379 e. The lowest BCUT2D eigenvalue weighted by Gasteiger charge is -2.32. The van der Waals surface area contributed by atoms with Gasteiger partial charge < -0.3 is 5.32 Å². The molecule has 1 aromatic carbocycles. The molecule has 0 amide bonds. The zero-order valence-corrected chi connectivity index (χ0v) is 8.23. The summed E-state index contributed by atoms with van der Waals surface area (Å²) in [6.45, 7) is 3.86. The second kappa shape index (κ2) is 2.80. The SMILES string of the molecule is CC1(C)CC(=O)c2ccc(F)cc2N1. The van der Waals surface area contributed by atoms with E-state index in [0.29, 0.717) is 17.7 Å². The van der Waals surface area contributed by atoms with E-state index in [2.05, 4.69) is 5.32 Å². The van der Waals surface area contributed by atoms with Gasteiger partial charge in [0.05, 0.1) is 0 Å². The number of rotatable bonds is 0. The predicted molar refractivity (Wildman–Crippen MR) is 53.0 cm³/mol. The van der Waals surface area contributed by atoms with Crippen LogP contribution in [0.2, 0.25) is 0 Å². The molecule has 74 valence electrons. The third kappa shape index (κ3) is 1.50. The van der Waals surface area contributed by atoms with Crippen molar-refractivity contribution >= 4 is 11.5 Å². The van der Waals surface area contributed by atoms with Crippen LogP contribution in [0.25, 0.3) is 0 Å². The molecule has 0 saturated heterocycles. The van der Waals surface area contributed by atoms with Crippen LogP contribution in [0.5, 0.6) is 0 Å². The maximum Gasteiger partial charge on any atom is 0.167 e. The van der Waals surface area contributed by atoms with Crippen molar-refractivity contribution in [3.63, 3.8) is 0 Å². The van der Waals surface area contributed by atoms with Gasteiger partial charge in [0, 0.05) is 23.2 Å². The summed E-state index contributed by atoms with van der Waals surface area (Å²) < 4.78 is 12.9. The monoisotopic (exact) mass is 193 g/mol. The smallest absolute Gasteiger partial charge is 0.167 e. The Morgan fingerprint density at radius 3 is 2.86 bits per heavy atom. The van der Waals surface area contributed by atoms with Crippen LogP contribution in [0, 0.1) is 5.82 Å². The number of hydrogen-bond acceptors (Lipinski definition) is 2. The van der Waals surface area contributed by atoms with Crippen molar-refractivity contribution in [3.8, 4) is 0 Å². The Balaban J connectivity index is 2.51. The second-order valence-electron chi connectivity index (χ2n) is 4.30. The van der Waals surface area contributed by atoms with Gasteiger partial charge in [0.15, 0.2) is 5.78 Å². The van der Waals surface area contributed by atoms with Crippen LogP contribution in [0.4, 0.5) is 10.1 Å². The Morgan fingerprint density at radius 1 is 1.43 bits per heavy atom. The first-order valence-corrected chi connectivity index (χ1v) is 4.59. The van der Waals surface area contributed by atoms with Crippen molar-refractivity contribution in [2.45, 2.75) is 25.8 Å². The quantitative estimate of drug-likeness (QED) is 0.686. The van der Waals surface area contributed by atoms with Crippen LogP contribution in [-0.2, 0) is 0 Å². The van der Waals surface area contributed by atoms with Crippen molar-refractivity contribution in [2.75, 3.05) is 5.32 Å². The molecular weight excluding hydrogens is 181 g/mol. The summed E-state index contributed by atoms with van der Waals surface area (Å²) in [6.07, 6.45) is 0.450. The first kappa shape index (κ1) is 9.19. The molecule has 0 bridgehead atoms. The summed E-state index contributed by atoms with van der Waals surface area (Å²) in [7, 11) is 0. The molecule has 2 nitrogen and oxygen atoms in total. The number of carbonyl (C=O) groups is 1. The van der Waals surface area contributed by atoms with Gasteiger partial charge in [-0.15, -0.1) is 0 Å². The van der Waals surface area contributed by atoms with Gasteiger partial charge in [-0.1, -0.05) is 0 Å². The van der Waals surface area contributed by atoms with E-state index in [4.69, 9.17) is 0 Å². The molecule has 14 heavy (non-hydrogen) atoms. The normalized spacial score (nSPS) is 18.6. The van der Waals surface area contributed by atoms with Gasteiger partial charge in [-0.25, -0.2) is 4.39 Å². The molecule has 1 aromatic rings. The van der Waals surface area contributed by atoms with Crippen LogP contribution in [0.15, 0.2) is 18.2 Å². The predicted octanol–water partition coefficient (Wildman–Crippen LogP) is 2.60. The summed E-state index contributed by atoms with van der Waals surface area (Å²) in [5, 5.41) is 3.15. The van der Waals surface area contributed by atoms with Gasteiger partial charge >= 0.3 is 0 Å². The number of Topliss-reactive ketones (excluding diaryl/α,β-unsaturated/α-hetero) is 1. The minimum Gasteiger partial charge on any atom is -0.379 e. The van der Waals surface area contributed by atoms with Gasteiger partial charge in [0.2, 0.25) is 0 Å². The first-order chi connectivity index (χ1) is 6.48. The molecule has 1 N–H and O–H groups in total. The molecular formula is C11H12FNO. The molecule has 0 radical (unpaired) electrons. The van der Waals surface area contributed by atoms with Crippen LogP contribution in [0.1, 0.15) is 30.6 Å². The molecule has 1 aliphatic heterocycles. The number of halogens is 1. The first-order valence-electron chi connectivity index (χ1n) is 4.59. The lowest BCUT2D eigenvalue weighted by Crippen LogP contribution is -2.38. The van der Waals surface area contributed by atoms with E-state index in [1.165, 1.54) is 18.2 Å². The molecule has 2 rings (SSSR count). The number of hydrogen-bond donors (Lipinski definition) is 1. The highest BCUT2D eigenvalue weighted by atomic mass is 19.1. The highest BCUT2D eigenvalue weighted by Crippen LogP contribution is 2.30. The molecule has 0 unspecified atom stereocenters. The van der Waals surface area contributed by atoms with Crippen molar-refractivity contribution in [1.29, 1.82) is 0 Å². The van der Waals surface area contributed by atoms with E-state index in [0.717, 1.165) is 0 Å². The summed E-state index contributed by atoms with van der Waals surface area (Å²) in [5.74, 6) is -0.245. The zero-order valence-electron chi connectivity index (χ0n) is 8.23. The van der Waals surface area contributed by atoms with Crippen LogP contribution in [0.3, 0.4) is 0 Å². The average Bonchev–Trinajstić information content (AvgIpc) is 2.00. The van der Waals surface area contributed by atoms with Gasteiger partial charge in [-0.2, -0.15) is 0 Å². The summed E-state index contributed by atoms with van der Waals surface area (Å²) in [4.78, 5) is 11.6.